The average molecular weight is 1290 g/mol. The Bertz CT molecular complexity index is 1740. The van der Waals surface area contributed by atoms with Crippen molar-refractivity contribution in [1.29, 1.82) is 0 Å². The molecule has 92 heavy (non-hydrogen) atoms. The second kappa shape index (κ2) is 71.2. The molecule has 1 fully saturated rings. The van der Waals surface area contributed by atoms with Crippen molar-refractivity contribution in [3.8, 4) is 0 Å². The van der Waals surface area contributed by atoms with Gasteiger partial charge in [-0.05, 0) is 70.6 Å². The highest BCUT2D eigenvalue weighted by molar-refractivity contribution is 5.76. The van der Waals surface area contributed by atoms with Gasteiger partial charge >= 0.3 is 0 Å². The molecule has 0 aromatic heterocycles. The summed E-state index contributed by atoms with van der Waals surface area (Å²) in [5.41, 5.74) is 0. The Balaban J connectivity index is 2.07. The number of ether oxygens (including phenoxy) is 2. The highest BCUT2D eigenvalue weighted by atomic mass is 16.7. The molecule has 1 rings (SSSR count). The lowest BCUT2D eigenvalue weighted by Gasteiger charge is -2.40. The standard InChI is InChI=1S/C83H151NO8/c1-3-5-7-9-11-13-15-17-19-21-23-25-27-29-31-33-35-37-38-39-40-41-43-45-47-49-51-53-55-57-59-61-63-65-67-69-71-73-79(87)84-76(75-91-83-82(90)81(89)80(88)78(74-85)92-83)77(86)72-70-68-66-64-62-60-58-56-54-52-50-48-46-44-42-36-34-32-30-28-26-24-22-20-18-16-14-12-10-8-6-4-2/h5,7,11,13,17,19,23,25,29,31,35,37,39-40,76-78,80-83,85-86,88-90H,3-4,6,8-10,12,14-16,18,20-22,24,26-28,30,32-34,36,38,41-75H2,1-2H3,(H,84,87)/b7-5-,13-11-,19-17-,25-23-,31-29-,37-35-,40-39-. The molecule has 1 heterocycles. The summed E-state index contributed by atoms with van der Waals surface area (Å²) >= 11 is 0. The molecule has 7 atom stereocenters. The Hall–Kier alpha value is -2.63. The molecular weight excluding hydrogens is 1140 g/mol. The molecule has 1 amide bonds. The van der Waals surface area contributed by atoms with Crippen LogP contribution in [0.15, 0.2) is 85.1 Å². The lowest BCUT2D eigenvalue weighted by atomic mass is 9.99. The van der Waals surface area contributed by atoms with E-state index in [1.54, 1.807) is 0 Å². The van der Waals surface area contributed by atoms with Crippen LogP contribution in [0.3, 0.4) is 0 Å². The molecule has 0 saturated carbocycles. The van der Waals surface area contributed by atoms with Gasteiger partial charge in [-0.2, -0.15) is 0 Å². The van der Waals surface area contributed by atoms with Crippen LogP contribution in [-0.4, -0.2) is 87.5 Å². The van der Waals surface area contributed by atoms with Gasteiger partial charge in [0, 0.05) is 6.42 Å². The fourth-order valence-corrected chi connectivity index (χ4v) is 12.6. The molecule has 9 nitrogen and oxygen atoms in total. The number of unbranched alkanes of at least 4 members (excludes halogenated alkanes) is 46. The van der Waals surface area contributed by atoms with Gasteiger partial charge < -0.3 is 40.3 Å². The van der Waals surface area contributed by atoms with Crippen molar-refractivity contribution in [3.63, 3.8) is 0 Å². The molecule has 1 aliphatic rings. The van der Waals surface area contributed by atoms with E-state index in [0.717, 1.165) is 83.5 Å². The summed E-state index contributed by atoms with van der Waals surface area (Å²) in [6.45, 7) is 3.77. The van der Waals surface area contributed by atoms with E-state index >= 15 is 0 Å². The molecule has 9 heteroatoms. The van der Waals surface area contributed by atoms with Gasteiger partial charge in [0.25, 0.3) is 0 Å². The van der Waals surface area contributed by atoms with Crippen molar-refractivity contribution in [2.45, 2.75) is 423 Å². The van der Waals surface area contributed by atoms with Gasteiger partial charge in [0.1, 0.15) is 24.4 Å². The first-order valence-corrected chi connectivity index (χ1v) is 39.8. The van der Waals surface area contributed by atoms with Crippen LogP contribution >= 0.6 is 0 Å². The van der Waals surface area contributed by atoms with E-state index in [2.05, 4.69) is 104 Å². The first kappa shape index (κ1) is 87.4. The zero-order valence-electron chi connectivity index (χ0n) is 60.3. The minimum absolute atomic E-state index is 0.138. The quantitative estimate of drug-likeness (QED) is 0.0261. The lowest BCUT2D eigenvalue weighted by Crippen LogP contribution is -2.60. The van der Waals surface area contributed by atoms with Gasteiger partial charge in [0.05, 0.1) is 25.4 Å². The molecular formula is C83H151NO8. The average Bonchev–Trinajstić information content (AvgIpc) is 1.00. The van der Waals surface area contributed by atoms with Crippen molar-refractivity contribution >= 4 is 5.91 Å². The molecule has 1 aliphatic heterocycles. The lowest BCUT2D eigenvalue weighted by molar-refractivity contribution is -0.302. The molecule has 6 N–H and O–H groups in total. The number of aliphatic hydroxyl groups is 5. The predicted molar refractivity (Wildman–Crippen MR) is 396 cm³/mol. The number of carbonyl (C=O) groups is 1. The Kier molecular flexibility index (Phi) is 67.6. The fourth-order valence-electron chi connectivity index (χ4n) is 12.6. The Morgan fingerprint density at radius 1 is 0.380 bits per heavy atom. The summed E-state index contributed by atoms with van der Waals surface area (Å²) in [5, 5.41) is 55.1. The summed E-state index contributed by atoms with van der Waals surface area (Å²) in [5.74, 6) is -0.141. The number of carbonyl (C=O) groups excluding carboxylic acids is 1. The molecule has 0 radical (unpaired) electrons. The van der Waals surface area contributed by atoms with E-state index in [9.17, 15) is 30.3 Å². The second-order valence-electron chi connectivity index (χ2n) is 27.5. The number of amides is 1. The molecule has 1 saturated heterocycles. The van der Waals surface area contributed by atoms with Crippen molar-refractivity contribution in [2.75, 3.05) is 13.2 Å². The Morgan fingerprint density at radius 3 is 1.00 bits per heavy atom. The zero-order valence-corrected chi connectivity index (χ0v) is 60.3. The number of rotatable bonds is 70. The minimum atomic E-state index is -1.56. The smallest absolute Gasteiger partial charge is 0.220 e. The van der Waals surface area contributed by atoms with Crippen LogP contribution in [0.2, 0.25) is 0 Å². The Labute approximate surface area is 569 Å². The summed E-state index contributed by atoms with van der Waals surface area (Å²) in [6.07, 6.45) is 95.4. The van der Waals surface area contributed by atoms with E-state index in [1.165, 1.54) is 270 Å². The maximum Gasteiger partial charge on any atom is 0.220 e. The van der Waals surface area contributed by atoms with Crippen LogP contribution in [-0.2, 0) is 14.3 Å². The number of hydrogen-bond donors (Lipinski definition) is 6. The van der Waals surface area contributed by atoms with Crippen LogP contribution in [0.4, 0.5) is 0 Å². The summed E-state index contributed by atoms with van der Waals surface area (Å²) < 4.78 is 11.4. The van der Waals surface area contributed by atoms with Crippen molar-refractivity contribution < 1.29 is 39.8 Å². The van der Waals surface area contributed by atoms with Gasteiger partial charge in [-0.1, -0.05) is 388 Å². The maximum absolute atomic E-state index is 13.2. The van der Waals surface area contributed by atoms with Crippen LogP contribution in [0, 0.1) is 0 Å². The number of nitrogens with one attached hydrogen (secondary N) is 1. The molecule has 7 unspecified atom stereocenters. The van der Waals surface area contributed by atoms with Crippen molar-refractivity contribution in [2.24, 2.45) is 0 Å². The van der Waals surface area contributed by atoms with Crippen LogP contribution in [0.1, 0.15) is 380 Å². The van der Waals surface area contributed by atoms with E-state index in [0.29, 0.717) is 12.8 Å². The summed E-state index contributed by atoms with van der Waals surface area (Å²) in [7, 11) is 0. The number of hydrogen-bond acceptors (Lipinski definition) is 8. The topological polar surface area (TPSA) is 149 Å². The van der Waals surface area contributed by atoms with Gasteiger partial charge in [-0.15, -0.1) is 0 Å². The van der Waals surface area contributed by atoms with Crippen molar-refractivity contribution in [3.05, 3.63) is 85.1 Å². The summed E-state index contributed by atoms with van der Waals surface area (Å²) in [6, 6.07) is -0.725. The third-order valence-electron chi connectivity index (χ3n) is 18.8. The van der Waals surface area contributed by atoms with Gasteiger partial charge in [0.2, 0.25) is 5.91 Å². The highest BCUT2D eigenvalue weighted by Crippen LogP contribution is 2.24. The fraction of sp³-hybridized carbons (Fsp3) is 0.819. The van der Waals surface area contributed by atoms with Crippen LogP contribution < -0.4 is 5.32 Å². The van der Waals surface area contributed by atoms with E-state index < -0.39 is 49.5 Å². The third-order valence-corrected chi connectivity index (χ3v) is 18.8. The molecule has 0 aliphatic carbocycles. The first-order valence-electron chi connectivity index (χ1n) is 39.8. The Morgan fingerprint density at radius 2 is 0.674 bits per heavy atom. The molecule has 536 valence electrons. The van der Waals surface area contributed by atoms with Crippen molar-refractivity contribution in [1.82, 2.24) is 5.32 Å². The maximum atomic E-state index is 13.2. The van der Waals surface area contributed by atoms with E-state index in [4.69, 9.17) is 9.47 Å². The first-order chi connectivity index (χ1) is 45.3. The third kappa shape index (κ3) is 58.7. The SMILES string of the molecule is CC/C=C\C/C=C\C/C=C\C/C=C\C/C=C\C/C=C\C/C=C\CCCCCCCCCCCCCCCCCC(=O)NC(COC1OC(CO)C(O)C(O)C1O)C(O)CCCCCCCCCCCCCCCCCCCCCCCCCCCCCCCCCC. The highest BCUT2D eigenvalue weighted by Gasteiger charge is 2.44. The second-order valence-corrected chi connectivity index (χ2v) is 27.5. The minimum Gasteiger partial charge on any atom is -0.394 e. The number of aliphatic hydroxyl groups excluding tert-OH is 5. The molecule has 0 aromatic rings. The van der Waals surface area contributed by atoms with E-state index in [1.807, 2.05) is 0 Å². The number of allylic oxidation sites excluding steroid dienone is 14. The van der Waals surface area contributed by atoms with Crippen LogP contribution in [0.25, 0.3) is 0 Å². The van der Waals surface area contributed by atoms with Gasteiger partial charge in [-0.3, -0.25) is 4.79 Å². The van der Waals surface area contributed by atoms with Gasteiger partial charge in [-0.25, -0.2) is 0 Å². The monoisotopic (exact) mass is 1290 g/mol. The zero-order chi connectivity index (χ0) is 66.4. The normalized spacial score (nSPS) is 18.1. The van der Waals surface area contributed by atoms with Crippen LogP contribution in [0.5, 0.6) is 0 Å². The van der Waals surface area contributed by atoms with E-state index in [-0.39, 0.29) is 12.5 Å². The molecule has 0 spiro atoms. The predicted octanol–water partition coefficient (Wildman–Crippen LogP) is 22.8. The largest absolute Gasteiger partial charge is 0.394 e. The van der Waals surface area contributed by atoms with Gasteiger partial charge in [0.15, 0.2) is 6.29 Å². The summed E-state index contributed by atoms with van der Waals surface area (Å²) in [4.78, 5) is 13.2. The molecule has 0 aromatic carbocycles. The molecule has 0 bridgehead atoms.